The molecule has 3 rings (SSSR count). The first-order valence-electron chi connectivity index (χ1n) is 7.53. The molecule has 0 saturated heterocycles. The number of aryl methyl sites for hydroxylation is 3. The van der Waals surface area contributed by atoms with Crippen molar-refractivity contribution >= 4 is 17.2 Å². The average Bonchev–Trinajstić information content (AvgIpc) is 2.82. The van der Waals surface area contributed by atoms with Crippen LogP contribution in [0.4, 0.5) is 10.1 Å². The Kier molecular flexibility index (Phi) is 4.10. The maximum atomic E-state index is 13.1. The van der Waals surface area contributed by atoms with Crippen molar-refractivity contribution < 1.29 is 9.18 Å². The number of rotatable bonds is 4. The van der Waals surface area contributed by atoms with Gasteiger partial charge in [0.15, 0.2) is 5.65 Å². The van der Waals surface area contributed by atoms with Crippen LogP contribution in [0.3, 0.4) is 0 Å². The highest BCUT2D eigenvalue weighted by molar-refractivity contribution is 5.94. The second kappa shape index (κ2) is 6.20. The minimum Gasteiger partial charge on any atom is -0.323 e. The van der Waals surface area contributed by atoms with E-state index in [0.29, 0.717) is 18.5 Å². The topological polar surface area (TPSA) is 46.4 Å². The zero-order chi connectivity index (χ0) is 16.4. The fraction of sp³-hybridized carbons (Fsp3) is 0.222. The molecule has 0 spiro atoms. The van der Waals surface area contributed by atoms with Crippen LogP contribution in [0.15, 0.2) is 42.6 Å². The van der Waals surface area contributed by atoms with Crippen LogP contribution in [0, 0.1) is 19.7 Å². The first-order valence-corrected chi connectivity index (χ1v) is 7.53. The van der Waals surface area contributed by atoms with Crippen LogP contribution in [0.25, 0.3) is 5.65 Å². The highest BCUT2D eigenvalue weighted by atomic mass is 19.1. The minimum absolute atomic E-state index is 0.110. The van der Waals surface area contributed by atoms with Crippen molar-refractivity contribution in [2.45, 2.75) is 26.7 Å². The molecule has 0 aliphatic carbocycles. The highest BCUT2D eigenvalue weighted by Crippen LogP contribution is 2.19. The standard InChI is InChI=1S/C18H18FN3O/c1-12-13(2)22-10-4-7-16(18(22)20-12)21-17(23)9-8-14-5-3-6-15(19)11-14/h3-7,10-11H,8-9H2,1-2H3,(H,21,23). The molecule has 1 amide bonds. The Morgan fingerprint density at radius 1 is 1.26 bits per heavy atom. The largest absolute Gasteiger partial charge is 0.323 e. The summed E-state index contributed by atoms with van der Waals surface area (Å²) in [6, 6.07) is 10.0. The normalized spacial score (nSPS) is 10.9. The lowest BCUT2D eigenvalue weighted by Crippen LogP contribution is -2.13. The van der Waals surface area contributed by atoms with Gasteiger partial charge in [0.2, 0.25) is 5.91 Å². The molecule has 4 nitrogen and oxygen atoms in total. The smallest absolute Gasteiger partial charge is 0.224 e. The molecule has 1 N–H and O–H groups in total. The Morgan fingerprint density at radius 3 is 2.87 bits per heavy atom. The Balaban J connectivity index is 1.72. The zero-order valence-corrected chi connectivity index (χ0v) is 13.1. The Hall–Kier alpha value is -2.69. The van der Waals surface area contributed by atoms with Crippen molar-refractivity contribution in [2.75, 3.05) is 5.32 Å². The molecule has 118 valence electrons. The van der Waals surface area contributed by atoms with Gasteiger partial charge in [-0.1, -0.05) is 12.1 Å². The molecular weight excluding hydrogens is 293 g/mol. The van der Waals surface area contributed by atoms with E-state index in [2.05, 4.69) is 10.3 Å². The van der Waals surface area contributed by atoms with Gasteiger partial charge in [0.05, 0.1) is 11.4 Å². The number of imidazole rings is 1. The van der Waals surface area contributed by atoms with E-state index in [-0.39, 0.29) is 11.7 Å². The van der Waals surface area contributed by atoms with Crippen molar-refractivity contribution in [3.05, 3.63) is 65.4 Å². The number of carbonyl (C=O) groups is 1. The molecule has 0 unspecified atom stereocenters. The van der Waals surface area contributed by atoms with E-state index in [0.717, 1.165) is 22.6 Å². The van der Waals surface area contributed by atoms with Crippen molar-refractivity contribution in [3.63, 3.8) is 0 Å². The molecule has 0 bridgehead atoms. The van der Waals surface area contributed by atoms with Crippen molar-refractivity contribution in [1.29, 1.82) is 0 Å². The fourth-order valence-electron chi connectivity index (χ4n) is 2.56. The first kappa shape index (κ1) is 15.2. The van der Waals surface area contributed by atoms with E-state index in [1.165, 1.54) is 12.1 Å². The van der Waals surface area contributed by atoms with Gasteiger partial charge < -0.3 is 9.72 Å². The summed E-state index contributed by atoms with van der Waals surface area (Å²) in [4.78, 5) is 16.7. The van der Waals surface area contributed by atoms with Crippen molar-refractivity contribution in [3.8, 4) is 0 Å². The van der Waals surface area contributed by atoms with E-state index in [4.69, 9.17) is 0 Å². The molecule has 2 aromatic heterocycles. The summed E-state index contributed by atoms with van der Waals surface area (Å²) < 4.78 is 15.1. The maximum Gasteiger partial charge on any atom is 0.224 e. The van der Waals surface area contributed by atoms with E-state index in [9.17, 15) is 9.18 Å². The molecular formula is C18H18FN3O. The Labute approximate surface area is 134 Å². The molecule has 0 aliphatic heterocycles. The molecule has 23 heavy (non-hydrogen) atoms. The summed E-state index contributed by atoms with van der Waals surface area (Å²) in [5, 5.41) is 2.89. The first-order chi connectivity index (χ1) is 11.0. The predicted molar refractivity (Wildman–Crippen MR) is 88.0 cm³/mol. The second-order valence-corrected chi connectivity index (χ2v) is 5.58. The van der Waals surface area contributed by atoms with Gasteiger partial charge in [-0.15, -0.1) is 0 Å². The van der Waals surface area contributed by atoms with Gasteiger partial charge in [0, 0.05) is 18.3 Å². The van der Waals surface area contributed by atoms with Gasteiger partial charge >= 0.3 is 0 Å². The molecule has 0 radical (unpaired) electrons. The summed E-state index contributed by atoms with van der Waals surface area (Å²) in [5.74, 6) is -0.392. The average molecular weight is 311 g/mol. The lowest BCUT2D eigenvalue weighted by molar-refractivity contribution is -0.116. The summed E-state index contributed by atoms with van der Waals surface area (Å²) in [5.41, 5.74) is 4.22. The molecule has 5 heteroatoms. The van der Waals surface area contributed by atoms with Gasteiger partial charge in [-0.2, -0.15) is 0 Å². The van der Waals surface area contributed by atoms with Gasteiger partial charge in [-0.25, -0.2) is 9.37 Å². The third-order valence-corrected chi connectivity index (χ3v) is 3.93. The van der Waals surface area contributed by atoms with E-state index in [1.807, 2.05) is 42.6 Å². The van der Waals surface area contributed by atoms with Crippen LogP contribution >= 0.6 is 0 Å². The van der Waals surface area contributed by atoms with Crippen LogP contribution in [-0.4, -0.2) is 15.3 Å². The number of amides is 1. The number of nitrogens with zero attached hydrogens (tertiary/aromatic N) is 2. The number of nitrogens with one attached hydrogen (secondary N) is 1. The molecule has 0 fully saturated rings. The number of carbonyl (C=O) groups excluding carboxylic acids is 1. The number of pyridine rings is 1. The Morgan fingerprint density at radius 2 is 2.09 bits per heavy atom. The third-order valence-electron chi connectivity index (χ3n) is 3.93. The molecule has 0 saturated carbocycles. The number of benzene rings is 1. The van der Waals surface area contributed by atoms with Crippen LogP contribution < -0.4 is 5.32 Å². The summed E-state index contributed by atoms with van der Waals surface area (Å²) in [6.07, 6.45) is 2.72. The van der Waals surface area contributed by atoms with Crippen molar-refractivity contribution in [2.24, 2.45) is 0 Å². The third kappa shape index (κ3) is 3.23. The van der Waals surface area contributed by atoms with Gasteiger partial charge in [0.1, 0.15) is 5.82 Å². The van der Waals surface area contributed by atoms with Gasteiger partial charge in [-0.05, 0) is 50.1 Å². The minimum atomic E-state index is -0.281. The SMILES string of the molecule is Cc1nc2c(NC(=O)CCc3cccc(F)c3)cccn2c1C. The van der Waals surface area contributed by atoms with Gasteiger partial charge in [0.25, 0.3) is 0 Å². The molecule has 0 atom stereocenters. The molecule has 2 heterocycles. The lowest BCUT2D eigenvalue weighted by Gasteiger charge is -2.07. The van der Waals surface area contributed by atoms with Crippen LogP contribution in [0.1, 0.15) is 23.4 Å². The molecule has 0 aliphatic rings. The zero-order valence-electron chi connectivity index (χ0n) is 13.1. The van der Waals surface area contributed by atoms with Gasteiger partial charge in [-0.3, -0.25) is 4.79 Å². The van der Waals surface area contributed by atoms with E-state index in [1.54, 1.807) is 6.07 Å². The van der Waals surface area contributed by atoms with E-state index < -0.39 is 0 Å². The van der Waals surface area contributed by atoms with Crippen LogP contribution in [-0.2, 0) is 11.2 Å². The quantitative estimate of drug-likeness (QED) is 0.799. The summed E-state index contributed by atoms with van der Waals surface area (Å²) in [7, 11) is 0. The van der Waals surface area contributed by atoms with Crippen molar-refractivity contribution in [1.82, 2.24) is 9.38 Å². The second-order valence-electron chi connectivity index (χ2n) is 5.58. The van der Waals surface area contributed by atoms with E-state index >= 15 is 0 Å². The number of hydrogen-bond donors (Lipinski definition) is 1. The molecule has 1 aromatic carbocycles. The predicted octanol–water partition coefficient (Wildman–Crippen LogP) is 3.66. The highest BCUT2D eigenvalue weighted by Gasteiger charge is 2.11. The number of anilines is 1. The molecule has 3 aromatic rings. The monoisotopic (exact) mass is 311 g/mol. The lowest BCUT2D eigenvalue weighted by atomic mass is 10.1. The van der Waals surface area contributed by atoms with Crippen LogP contribution in [0.2, 0.25) is 0 Å². The number of fused-ring (bicyclic) bond motifs is 1. The maximum absolute atomic E-state index is 13.1. The fourth-order valence-corrected chi connectivity index (χ4v) is 2.56. The van der Waals surface area contributed by atoms with Crippen LogP contribution in [0.5, 0.6) is 0 Å². The number of hydrogen-bond acceptors (Lipinski definition) is 2. The Bertz CT molecular complexity index is 870. The summed E-state index contributed by atoms with van der Waals surface area (Å²) in [6.45, 7) is 3.93. The summed E-state index contributed by atoms with van der Waals surface area (Å²) >= 11 is 0. The number of aromatic nitrogens is 2. The number of halogens is 1.